The molecule has 0 fully saturated rings. The number of esters is 1. The zero-order chi connectivity index (χ0) is 21.3. The number of aryl methyl sites for hydroxylation is 1. The van der Waals surface area contributed by atoms with Crippen LogP contribution >= 0.6 is 22.6 Å². The van der Waals surface area contributed by atoms with Crippen LogP contribution in [-0.4, -0.2) is 24.7 Å². The van der Waals surface area contributed by atoms with Gasteiger partial charge in [-0.15, -0.1) is 0 Å². The Morgan fingerprint density at radius 1 is 1.00 bits per heavy atom. The molecule has 0 saturated carbocycles. The van der Waals surface area contributed by atoms with E-state index in [1.807, 2.05) is 37.3 Å². The number of halogens is 1. The number of nitrogens with one attached hydrogen (secondary N) is 1. The fourth-order valence-electron chi connectivity index (χ4n) is 2.48. The van der Waals surface area contributed by atoms with Gasteiger partial charge in [-0.2, -0.15) is 5.10 Å². The molecule has 1 amide bonds. The molecule has 3 aromatic carbocycles. The van der Waals surface area contributed by atoms with E-state index in [0.29, 0.717) is 17.1 Å². The number of nitrogens with zero attached hydrogens (tertiary/aromatic N) is 1. The molecule has 1 N–H and O–H groups in total. The molecule has 0 radical (unpaired) electrons. The summed E-state index contributed by atoms with van der Waals surface area (Å²) in [4.78, 5) is 24.1. The van der Waals surface area contributed by atoms with Gasteiger partial charge in [-0.1, -0.05) is 30.3 Å². The van der Waals surface area contributed by atoms with Crippen LogP contribution in [0.1, 0.15) is 21.5 Å². The predicted molar refractivity (Wildman–Crippen MR) is 123 cm³/mol. The van der Waals surface area contributed by atoms with Crippen LogP contribution in [0.25, 0.3) is 0 Å². The first-order valence-corrected chi connectivity index (χ1v) is 10.2. The molecule has 0 aliphatic heterocycles. The van der Waals surface area contributed by atoms with Crippen molar-refractivity contribution in [3.63, 3.8) is 0 Å². The molecule has 3 aromatic rings. The Hall–Kier alpha value is -3.20. The van der Waals surface area contributed by atoms with E-state index in [2.05, 4.69) is 33.1 Å². The standard InChI is InChI=1S/C23H19IN2O4/c1-16-6-2-5-9-21(16)29-15-22(27)26-25-14-17-10-12-18(13-11-17)30-23(28)19-7-3-4-8-20(19)24/h2-14H,15H2,1H3,(H,26,27)/b25-14-. The summed E-state index contributed by atoms with van der Waals surface area (Å²) in [6.07, 6.45) is 1.50. The van der Waals surface area contributed by atoms with Gasteiger partial charge in [-0.25, -0.2) is 10.2 Å². The van der Waals surface area contributed by atoms with E-state index < -0.39 is 5.97 Å². The van der Waals surface area contributed by atoms with E-state index in [1.165, 1.54) is 6.21 Å². The number of para-hydroxylation sites is 1. The second-order valence-corrected chi connectivity index (χ2v) is 7.45. The van der Waals surface area contributed by atoms with Gasteiger partial charge in [0.05, 0.1) is 11.8 Å². The Labute approximate surface area is 188 Å². The number of hydrazone groups is 1. The Morgan fingerprint density at radius 2 is 1.70 bits per heavy atom. The fourth-order valence-corrected chi connectivity index (χ4v) is 3.09. The maximum atomic E-state index is 12.2. The number of hydrogen-bond acceptors (Lipinski definition) is 5. The Morgan fingerprint density at radius 3 is 2.43 bits per heavy atom. The topological polar surface area (TPSA) is 77.0 Å². The average Bonchev–Trinajstić information content (AvgIpc) is 2.74. The second-order valence-electron chi connectivity index (χ2n) is 6.29. The first kappa shape index (κ1) is 21.5. The number of amides is 1. The van der Waals surface area contributed by atoms with Crippen molar-refractivity contribution >= 4 is 40.7 Å². The van der Waals surface area contributed by atoms with Gasteiger partial charge in [0.25, 0.3) is 5.91 Å². The van der Waals surface area contributed by atoms with E-state index >= 15 is 0 Å². The van der Waals surface area contributed by atoms with Crippen LogP contribution in [0.3, 0.4) is 0 Å². The fraction of sp³-hybridized carbons (Fsp3) is 0.0870. The SMILES string of the molecule is Cc1ccccc1OCC(=O)N/N=C\c1ccc(OC(=O)c2ccccc2I)cc1. The lowest BCUT2D eigenvalue weighted by atomic mass is 10.2. The smallest absolute Gasteiger partial charge is 0.344 e. The lowest BCUT2D eigenvalue weighted by Crippen LogP contribution is -2.24. The van der Waals surface area contributed by atoms with Crippen molar-refractivity contribution in [1.82, 2.24) is 5.43 Å². The summed E-state index contributed by atoms with van der Waals surface area (Å²) in [7, 11) is 0. The third-order valence-corrected chi connectivity index (χ3v) is 4.98. The molecule has 0 aromatic heterocycles. The maximum absolute atomic E-state index is 12.2. The number of ether oxygens (including phenoxy) is 2. The lowest BCUT2D eigenvalue weighted by Gasteiger charge is -2.07. The molecule has 3 rings (SSSR count). The molecule has 0 saturated heterocycles. The van der Waals surface area contributed by atoms with Crippen LogP contribution in [0, 0.1) is 10.5 Å². The highest BCUT2D eigenvalue weighted by molar-refractivity contribution is 14.1. The van der Waals surface area contributed by atoms with Gasteiger partial charge in [0.2, 0.25) is 0 Å². The number of carbonyl (C=O) groups excluding carboxylic acids is 2. The summed E-state index contributed by atoms with van der Waals surface area (Å²) in [6, 6.07) is 21.5. The van der Waals surface area contributed by atoms with E-state index in [9.17, 15) is 9.59 Å². The van der Waals surface area contributed by atoms with Gasteiger partial charge in [0, 0.05) is 3.57 Å². The predicted octanol–water partition coefficient (Wildman–Crippen LogP) is 4.35. The Bertz CT molecular complexity index is 1060. The minimum Gasteiger partial charge on any atom is -0.483 e. The van der Waals surface area contributed by atoms with E-state index in [-0.39, 0.29) is 12.5 Å². The van der Waals surface area contributed by atoms with E-state index in [4.69, 9.17) is 9.47 Å². The molecule has 0 unspecified atom stereocenters. The summed E-state index contributed by atoms with van der Waals surface area (Å²) in [5.74, 6) is 0.305. The molecular formula is C23H19IN2O4. The first-order valence-electron chi connectivity index (χ1n) is 9.10. The van der Waals surface area contributed by atoms with E-state index in [1.54, 1.807) is 42.5 Å². The van der Waals surface area contributed by atoms with Crippen molar-refractivity contribution in [2.75, 3.05) is 6.61 Å². The monoisotopic (exact) mass is 514 g/mol. The van der Waals surface area contributed by atoms with Gasteiger partial charge in [-0.3, -0.25) is 4.79 Å². The highest BCUT2D eigenvalue weighted by atomic mass is 127. The molecule has 0 aliphatic carbocycles. The van der Waals surface area contributed by atoms with Crippen LogP contribution in [0.15, 0.2) is 77.9 Å². The Kier molecular flexibility index (Phi) is 7.56. The van der Waals surface area contributed by atoms with Crippen LogP contribution in [0.4, 0.5) is 0 Å². The van der Waals surface area contributed by atoms with Gasteiger partial charge in [0.1, 0.15) is 11.5 Å². The van der Waals surface area contributed by atoms with Crippen LogP contribution in [0.5, 0.6) is 11.5 Å². The van der Waals surface area contributed by atoms with Gasteiger partial charge in [0.15, 0.2) is 6.61 Å². The summed E-state index contributed by atoms with van der Waals surface area (Å²) in [5, 5.41) is 3.91. The van der Waals surface area contributed by atoms with Crippen LogP contribution < -0.4 is 14.9 Å². The largest absolute Gasteiger partial charge is 0.483 e. The third-order valence-electron chi connectivity index (χ3n) is 4.04. The highest BCUT2D eigenvalue weighted by Crippen LogP contribution is 2.17. The van der Waals surface area contributed by atoms with Crippen molar-refractivity contribution < 1.29 is 19.1 Å². The first-order chi connectivity index (χ1) is 14.5. The molecule has 0 bridgehead atoms. The molecule has 0 heterocycles. The summed E-state index contributed by atoms with van der Waals surface area (Å²) < 4.78 is 11.7. The van der Waals surface area contributed by atoms with Gasteiger partial charge < -0.3 is 9.47 Å². The quantitative estimate of drug-likeness (QED) is 0.167. The summed E-state index contributed by atoms with van der Waals surface area (Å²) >= 11 is 2.09. The minimum atomic E-state index is -0.415. The van der Waals surface area contributed by atoms with Gasteiger partial charge in [-0.05, 0) is 83.1 Å². The zero-order valence-electron chi connectivity index (χ0n) is 16.2. The second kappa shape index (κ2) is 10.5. The maximum Gasteiger partial charge on any atom is 0.344 e. The van der Waals surface area contributed by atoms with Gasteiger partial charge >= 0.3 is 5.97 Å². The zero-order valence-corrected chi connectivity index (χ0v) is 18.3. The van der Waals surface area contributed by atoms with Crippen LogP contribution in [0.2, 0.25) is 0 Å². The van der Waals surface area contributed by atoms with Crippen molar-refractivity contribution in [2.24, 2.45) is 5.10 Å². The van der Waals surface area contributed by atoms with Crippen molar-refractivity contribution in [3.8, 4) is 11.5 Å². The molecule has 30 heavy (non-hydrogen) atoms. The average molecular weight is 514 g/mol. The van der Waals surface area contributed by atoms with E-state index in [0.717, 1.165) is 14.7 Å². The van der Waals surface area contributed by atoms with Crippen molar-refractivity contribution in [1.29, 1.82) is 0 Å². The van der Waals surface area contributed by atoms with Crippen LogP contribution in [-0.2, 0) is 4.79 Å². The molecule has 0 aliphatic rings. The normalized spacial score (nSPS) is 10.6. The summed E-state index contributed by atoms with van der Waals surface area (Å²) in [6.45, 7) is 1.78. The number of rotatable bonds is 7. The van der Waals surface area contributed by atoms with Crippen molar-refractivity contribution in [3.05, 3.63) is 93.1 Å². The summed E-state index contributed by atoms with van der Waals surface area (Å²) in [5.41, 5.74) is 4.62. The molecular weight excluding hydrogens is 495 g/mol. The Balaban J connectivity index is 1.48. The number of carbonyl (C=O) groups is 2. The highest BCUT2D eigenvalue weighted by Gasteiger charge is 2.11. The molecule has 6 nitrogen and oxygen atoms in total. The van der Waals surface area contributed by atoms with Crippen molar-refractivity contribution in [2.45, 2.75) is 6.92 Å². The minimum absolute atomic E-state index is 0.130. The number of benzene rings is 3. The molecule has 0 spiro atoms. The molecule has 7 heteroatoms. The number of hydrogen-bond donors (Lipinski definition) is 1. The third kappa shape index (κ3) is 6.15. The molecule has 0 atom stereocenters. The lowest BCUT2D eigenvalue weighted by molar-refractivity contribution is -0.123. The molecule has 152 valence electrons.